The SMILES string of the molecule is C=CC[Si](Cl)(Cl)Cl.C=CC[Si](OCC)(OCC)OCC. The fourth-order valence-electron chi connectivity index (χ4n) is 1.30. The number of hydrogen-bond donors (Lipinski definition) is 0. The van der Waals surface area contributed by atoms with E-state index in [0.717, 1.165) is 0 Å². The molecule has 0 spiro atoms. The van der Waals surface area contributed by atoms with Crippen LogP contribution in [0.4, 0.5) is 0 Å². The van der Waals surface area contributed by atoms with E-state index in [4.69, 9.17) is 46.5 Å². The molecule has 0 unspecified atom stereocenters. The van der Waals surface area contributed by atoms with Crippen molar-refractivity contribution >= 4 is 48.0 Å². The molecular weight excluding hydrogens is 355 g/mol. The minimum Gasteiger partial charge on any atom is -0.374 e. The summed E-state index contributed by atoms with van der Waals surface area (Å²) in [6.07, 6.45) is 3.42. The van der Waals surface area contributed by atoms with Crippen LogP contribution in [0.3, 0.4) is 0 Å². The molecule has 0 saturated carbocycles. The van der Waals surface area contributed by atoms with Gasteiger partial charge in [0.1, 0.15) is 0 Å². The minimum absolute atomic E-state index is 0.539. The quantitative estimate of drug-likeness (QED) is 0.302. The van der Waals surface area contributed by atoms with E-state index < -0.39 is 14.8 Å². The van der Waals surface area contributed by atoms with Crippen LogP contribution in [0.1, 0.15) is 20.8 Å². The van der Waals surface area contributed by atoms with Crippen molar-refractivity contribution in [3.63, 3.8) is 0 Å². The predicted octanol–water partition coefficient (Wildman–Crippen LogP) is 5.05. The van der Waals surface area contributed by atoms with E-state index in [2.05, 4.69) is 13.2 Å². The molecular formula is C12H25Cl3O3Si2. The maximum Gasteiger partial charge on any atom is 0.504 e. The molecule has 0 aromatic rings. The van der Waals surface area contributed by atoms with E-state index in [1.807, 2.05) is 20.8 Å². The van der Waals surface area contributed by atoms with Gasteiger partial charge in [-0.3, -0.25) is 0 Å². The van der Waals surface area contributed by atoms with Gasteiger partial charge in [0.05, 0.1) is 0 Å². The molecule has 0 heterocycles. The summed E-state index contributed by atoms with van der Waals surface area (Å²) in [6.45, 7) is 14.8. The Bertz CT molecular complexity index is 244. The van der Waals surface area contributed by atoms with Crippen molar-refractivity contribution in [2.24, 2.45) is 0 Å². The maximum atomic E-state index is 5.57. The highest BCUT2D eigenvalue weighted by molar-refractivity contribution is 7.64. The van der Waals surface area contributed by atoms with Crippen LogP contribution in [0.5, 0.6) is 0 Å². The number of allylic oxidation sites excluding steroid dienone is 2. The van der Waals surface area contributed by atoms with Crippen LogP contribution in [0, 0.1) is 0 Å². The Morgan fingerprint density at radius 3 is 1.30 bits per heavy atom. The lowest BCUT2D eigenvalue weighted by molar-refractivity contribution is 0.0743. The zero-order chi connectivity index (χ0) is 16.1. The predicted molar refractivity (Wildman–Crippen MR) is 94.0 cm³/mol. The summed E-state index contributed by atoms with van der Waals surface area (Å²) in [4.78, 5) is 0. The van der Waals surface area contributed by atoms with E-state index in [9.17, 15) is 0 Å². The molecule has 0 radical (unpaired) electrons. The summed E-state index contributed by atoms with van der Waals surface area (Å²) < 4.78 is 16.7. The van der Waals surface area contributed by atoms with Crippen molar-refractivity contribution in [2.75, 3.05) is 19.8 Å². The van der Waals surface area contributed by atoms with Crippen LogP contribution >= 0.6 is 33.2 Å². The first-order chi connectivity index (χ1) is 9.30. The van der Waals surface area contributed by atoms with Crippen LogP contribution in [-0.2, 0) is 13.3 Å². The third-order valence-electron chi connectivity index (χ3n) is 1.86. The van der Waals surface area contributed by atoms with Crippen LogP contribution < -0.4 is 0 Å². The molecule has 0 aromatic carbocycles. The third-order valence-corrected chi connectivity index (χ3v) is 6.98. The standard InChI is InChI=1S/C9H20O3Si.C3H5Cl3Si/c1-5-9-13(10-6-2,11-7-3)12-8-4;1-2-3-7(4,5)6/h5H,1,6-9H2,2-4H3;2H,1,3H2. The number of halogens is 3. The summed E-state index contributed by atoms with van der Waals surface area (Å²) >= 11 is 16.3. The molecule has 0 amide bonds. The van der Waals surface area contributed by atoms with E-state index in [-0.39, 0.29) is 0 Å². The zero-order valence-corrected chi connectivity index (χ0v) is 16.7. The molecule has 8 heteroatoms. The Morgan fingerprint density at radius 1 is 0.800 bits per heavy atom. The normalized spacial score (nSPS) is 11.5. The smallest absolute Gasteiger partial charge is 0.374 e. The highest BCUT2D eigenvalue weighted by Crippen LogP contribution is 2.24. The van der Waals surface area contributed by atoms with Gasteiger partial charge in [0.15, 0.2) is 0 Å². The Kier molecular flexibility index (Phi) is 15.3. The second-order valence-electron chi connectivity index (χ2n) is 3.58. The fourth-order valence-corrected chi connectivity index (χ4v) is 4.89. The third kappa shape index (κ3) is 13.6. The summed E-state index contributed by atoms with van der Waals surface area (Å²) in [7, 11) is -2.41. The molecule has 0 bridgehead atoms. The molecule has 0 aromatic heterocycles. The Labute approximate surface area is 139 Å². The van der Waals surface area contributed by atoms with Crippen LogP contribution in [0.25, 0.3) is 0 Å². The first kappa shape index (κ1) is 22.9. The second kappa shape index (κ2) is 13.3. The average molecular weight is 380 g/mol. The van der Waals surface area contributed by atoms with Gasteiger partial charge >= 0.3 is 14.8 Å². The summed E-state index contributed by atoms with van der Waals surface area (Å²) in [6, 6.07) is -1.14. The number of hydrogen-bond acceptors (Lipinski definition) is 3. The Hall–Kier alpha value is 0.664. The number of rotatable bonds is 10. The lowest BCUT2D eigenvalue weighted by Crippen LogP contribution is -2.45. The van der Waals surface area contributed by atoms with Crippen molar-refractivity contribution < 1.29 is 13.3 Å². The van der Waals surface area contributed by atoms with Gasteiger partial charge in [0.2, 0.25) is 0 Å². The van der Waals surface area contributed by atoms with Crippen molar-refractivity contribution in [3.05, 3.63) is 25.3 Å². The zero-order valence-electron chi connectivity index (χ0n) is 12.5. The van der Waals surface area contributed by atoms with Crippen molar-refractivity contribution in [1.82, 2.24) is 0 Å². The van der Waals surface area contributed by atoms with Crippen molar-refractivity contribution in [1.29, 1.82) is 0 Å². The van der Waals surface area contributed by atoms with Crippen LogP contribution in [0.2, 0.25) is 12.1 Å². The largest absolute Gasteiger partial charge is 0.504 e. The molecule has 3 nitrogen and oxygen atoms in total. The molecule has 0 aliphatic carbocycles. The van der Waals surface area contributed by atoms with Gasteiger partial charge in [0, 0.05) is 31.9 Å². The van der Waals surface area contributed by atoms with Gasteiger partial charge in [0.25, 0.3) is 0 Å². The monoisotopic (exact) mass is 378 g/mol. The van der Waals surface area contributed by atoms with Crippen molar-refractivity contribution in [2.45, 2.75) is 32.9 Å². The average Bonchev–Trinajstić information content (AvgIpc) is 2.29. The Balaban J connectivity index is 0. The summed E-state index contributed by atoms with van der Waals surface area (Å²) in [5.74, 6) is 0. The van der Waals surface area contributed by atoms with Gasteiger partial charge in [-0.1, -0.05) is 12.2 Å². The lowest BCUT2D eigenvalue weighted by atomic mass is 10.8. The van der Waals surface area contributed by atoms with E-state index in [1.54, 1.807) is 12.2 Å². The van der Waals surface area contributed by atoms with Gasteiger partial charge in [-0.25, -0.2) is 0 Å². The molecule has 0 aliphatic rings. The minimum atomic E-state index is -2.41. The molecule has 0 fully saturated rings. The van der Waals surface area contributed by atoms with E-state index >= 15 is 0 Å². The molecule has 120 valence electrons. The second-order valence-corrected chi connectivity index (χ2v) is 15.4. The lowest BCUT2D eigenvalue weighted by Gasteiger charge is -2.27. The van der Waals surface area contributed by atoms with E-state index in [0.29, 0.717) is 31.9 Å². The molecule has 0 rings (SSSR count). The van der Waals surface area contributed by atoms with Crippen LogP contribution in [-0.4, -0.2) is 34.6 Å². The van der Waals surface area contributed by atoms with Gasteiger partial charge < -0.3 is 13.3 Å². The fraction of sp³-hybridized carbons (Fsp3) is 0.667. The summed E-state index contributed by atoms with van der Waals surface area (Å²) in [5, 5.41) is 0. The van der Waals surface area contributed by atoms with Gasteiger partial charge in [-0.15, -0.1) is 46.4 Å². The Morgan fingerprint density at radius 2 is 1.15 bits per heavy atom. The molecule has 0 aliphatic heterocycles. The van der Waals surface area contributed by atoms with Gasteiger partial charge in [-0.05, 0) is 20.8 Å². The molecule has 0 atom stereocenters. The topological polar surface area (TPSA) is 27.7 Å². The first-order valence-corrected chi connectivity index (χ1v) is 13.7. The molecule has 0 N–H and O–H groups in total. The molecule has 20 heavy (non-hydrogen) atoms. The highest BCUT2D eigenvalue weighted by atomic mass is 35.8. The maximum absolute atomic E-state index is 5.57. The first-order valence-electron chi connectivity index (χ1n) is 6.51. The molecule has 0 saturated heterocycles. The van der Waals surface area contributed by atoms with Gasteiger partial charge in [-0.2, -0.15) is 0 Å². The van der Waals surface area contributed by atoms with E-state index in [1.165, 1.54) is 0 Å². The summed E-state index contributed by atoms with van der Waals surface area (Å²) in [5.41, 5.74) is 0. The van der Waals surface area contributed by atoms with Crippen LogP contribution in [0.15, 0.2) is 25.3 Å². The van der Waals surface area contributed by atoms with Crippen molar-refractivity contribution in [3.8, 4) is 0 Å². The highest BCUT2D eigenvalue weighted by Gasteiger charge is 2.38.